The summed E-state index contributed by atoms with van der Waals surface area (Å²) in [5.74, 6) is -0.252. The first kappa shape index (κ1) is 15.0. The number of carbonyl (C=O) groups is 1. The Morgan fingerprint density at radius 3 is 2.81 bits per heavy atom. The van der Waals surface area contributed by atoms with Gasteiger partial charge in [0.25, 0.3) is 5.56 Å². The lowest BCUT2D eigenvalue weighted by Gasteiger charge is -2.11. The van der Waals surface area contributed by atoms with Gasteiger partial charge in [-0.25, -0.2) is 9.89 Å². The molecule has 0 aliphatic carbocycles. The van der Waals surface area contributed by atoms with E-state index in [1.807, 2.05) is 25.1 Å². The van der Waals surface area contributed by atoms with Crippen molar-refractivity contribution in [2.45, 2.75) is 24.1 Å². The molecule has 1 atom stereocenters. The number of rotatable bonds is 4. The smallest absolute Gasteiger partial charge is 0.325 e. The Morgan fingerprint density at radius 1 is 1.38 bits per heavy atom. The quantitative estimate of drug-likeness (QED) is 0.727. The Labute approximate surface area is 124 Å². The second-order valence-electron chi connectivity index (χ2n) is 4.43. The summed E-state index contributed by atoms with van der Waals surface area (Å²) in [5, 5.41) is 8.02. The molecule has 0 aliphatic rings. The lowest BCUT2D eigenvalue weighted by atomic mass is 10.2. The van der Waals surface area contributed by atoms with Crippen LogP contribution in [0.5, 0.6) is 0 Å². The largest absolute Gasteiger partial charge is 0.342 e. The van der Waals surface area contributed by atoms with Gasteiger partial charge >= 0.3 is 5.69 Å². The fraction of sp³-hybridized carbons (Fsp3) is 0.231. The summed E-state index contributed by atoms with van der Waals surface area (Å²) in [7, 11) is 0. The maximum Gasteiger partial charge on any atom is 0.342 e. The Morgan fingerprint density at radius 2 is 2.14 bits per heavy atom. The molecule has 3 N–H and O–H groups in total. The molecule has 1 heterocycles. The summed E-state index contributed by atoms with van der Waals surface area (Å²) >= 11 is 0.973. The summed E-state index contributed by atoms with van der Waals surface area (Å²) in [5.41, 5.74) is 0.433. The fourth-order valence-electron chi connectivity index (χ4n) is 1.60. The monoisotopic (exact) mass is 306 g/mol. The first-order chi connectivity index (χ1) is 9.95. The lowest BCUT2D eigenvalue weighted by Crippen LogP contribution is -2.28. The van der Waals surface area contributed by atoms with E-state index in [1.165, 1.54) is 0 Å². The average molecular weight is 306 g/mol. The first-order valence-corrected chi connectivity index (χ1v) is 7.07. The van der Waals surface area contributed by atoms with Crippen LogP contribution >= 0.6 is 11.8 Å². The van der Waals surface area contributed by atoms with Gasteiger partial charge in [-0.3, -0.25) is 14.6 Å². The Kier molecular flexibility index (Phi) is 4.59. The zero-order chi connectivity index (χ0) is 15.4. The predicted octanol–water partition coefficient (Wildman–Crippen LogP) is 0.886. The number of aromatic nitrogens is 3. The van der Waals surface area contributed by atoms with Crippen molar-refractivity contribution in [2.75, 3.05) is 5.32 Å². The summed E-state index contributed by atoms with van der Waals surface area (Å²) in [6.45, 7) is 3.58. The number of nitrogens with one attached hydrogen (secondary N) is 3. The van der Waals surface area contributed by atoms with E-state index < -0.39 is 16.5 Å². The van der Waals surface area contributed by atoms with Crippen molar-refractivity contribution < 1.29 is 4.79 Å². The van der Waals surface area contributed by atoms with Crippen molar-refractivity contribution in [1.29, 1.82) is 0 Å². The van der Waals surface area contributed by atoms with Crippen LogP contribution in [-0.4, -0.2) is 26.3 Å². The zero-order valence-corrected chi connectivity index (χ0v) is 12.3. The van der Waals surface area contributed by atoms with Gasteiger partial charge in [0.2, 0.25) is 5.91 Å². The second kappa shape index (κ2) is 6.40. The van der Waals surface area contributed by atoms with Crippen LogP contribution in [0.15, 0.2) is 38.9 Å². The van der Waals surface area contributed by atoms with Crippen LogP contribution in [0.25, 0.3) is 0 Å². The number of aromatic amines is 2. The molecule has 1 amide bonds. The van der Waals surface area contributed by atoms with E-state index in [0.29, 0.717) is 5.69 Å². The highest BCUT2D eigenvalue weighted by Crippen LogP contribution is 2.19. The fourth-order valence-corrected chi connectivity index (χ4v) is 2.36. The third-order valence-corrected chi connectivity index (χ3v) is 3.69. The molecule has 0 bridgehead atoms. The highest BCUT2D eigenvalue weighted by Gasteiger charge is 2.17. The second-order valence-corrected chi connectivity index (χ2v) is 5.76. The van der Waals surface area contributed by atoms with E-state index >= 15 is 0 Å². The Hall–Kier alpha value is -2.35. The summed E-state index contributed by atoms with van der Waals surface area (Å²) < 4.78 is 0. The number of hydrogen-bond donors (Lipinski definition) is 3. The van der Waals surface area contributed by atoms with Crippen molar-refractivity contribution in [2.24, 2.45) is 0 Å². The van der Waals surface area contributed by atoms with Crippen molar-refractivity contribution in [1.82, 2.24) is 15.2 Å². The molecular formula is C13H14N4O3S. The van der Waals surface area contributed by atoms with Crippen LogP contribution in [0.4, 0.5) is 5.69 Å². The summed E-state index contributed by atoms with van der Waals surface area (Å²) in [6.07, 6.45) is 0. The molecule has 21 heavy (non-hydrogen) atoms. The Bertz CT molecular complexity index is 768. The van der Waals surface area contributed by atoms with Gasteiger partial charge in [0.05, 0.1) is 5.25 Å². The van der Waals surface area contributed by atoms with E-state index in [1.54, 1.807) is 13.0 Å². The van der Waals surface area contributed by atoms with Crippen molar-refractivity contribution in [3.05, 3.63) is 50.7 Å². The molecule has 1 aromatic heterocycles. The highest BCUT2D eigenvalue weighted by molar-refractivity contribution is 8.00. The minimum absolute atomic E-state index is 0.0430. The third kappa shape index (κ3) is 4.06. The number of hydrogen-bond acceptors (Lipinski definition) is 5. The molecule has 0 spiro atoms. The van der Waals surface area contributed by atoms with Gasteiger partial charge < -0.3 is 5.32 Å². The number of nitrogens with zero attached hydrogens (tertiary/aromatic N) is 1. The SMILES string of the molecule is Cc1cccc(NC(=O)[C@H](C)Sc2n[nH]c(=O)[nH]c2=O)c1. The van der Waals surface area contributed by atoms with Crippen LogP contribution < -0.4 is 16.6 Å². The molecule has 7 nitrogen and oxygen atoms in total. The molecule has 0 radical (unpaired) electrons. The zero-order valence-electron chi connectivity index (χ0n) is 11.5. The number of anilines is 1. The lowest BCUT2D eigenvalue weighted by molar-refractivity contribution is -0.115. The minimum Gasteiger partial charge on any atom is -0.325 e. The van der Waals surface area contributed by atoms with Gasteiger partial charge in [0.15, 0.2) is 5.03 Å². The van der Waals surface area contributed by atoms with E-state index in [0.717, 1.165) is 17.3 Å². The molecular weight excluding hydrogens is 292 g/mol. The van der Waals surface area contributed by atoms with Gasteiger partial charge in [0.1, 0.15) is 0 Å². The molecule has 2 aromatic rings. The minimum atomic E-state index is -0.679. The van der Waals surface area contributed by atoms with Gasteiger partial charge in [-0.2, -0.15) is 5.10 Å². The van der Waals surface area contributed by atoms with Crippen LogP contribution in [0, 0.1) is 6.92 Å². The predicted molar refractivity (Wildman–Crippen MR) is 80.6 cm³/mol. The van der Waals surface area contributed by atoms with Crippen molar-refractivity contribution in [3.8, 4) is 0 Å². The van der Waals surface area contributed by atoms with Crippen molar-refractivity contribution >= 4 is 23.4 Å². The number of amides is 1. The van der Waals surface area contributed by atoms with Crippen LogP contribution in [-0.2, 0) is 4.79 Å². The number of aryl methyl sites for hydroxylation is 1. The molecule has 0 fully saturated rings. The normalized spacial score (nSPS) is 11.9. The number of carbonyl (C=O) groups excluding carboxylic acids is 1. The number of benzene rings is 1. The molecule has 110 valence electrons. The van der Waals surface area contributed by atoms with Crippen LogP contribution in [0.2, 0.25) is 0 Å². The third-order valence-electron chi connectivity index (χ3n) is 2.62. The van der Waals surface area contributed by atoms with Crippen molar-refractivity contribution in [3.63, 3.8) is 0 Å². The van der Waals surface area contributed by atoms with Crippen LogP contribution in [0.1, 0.15) is 12.5 Å². The molecule has 1 aromatic carbocycles. The van der Waals surface area contributed by atoms with Gasteiger partial charge in [-0.05, 0) is 31.5 Å². The molecule has 0 aliphatic heterocycles. The average Bonchev–Trinajstić information content (AvgIpc) is 2.41. The van der Waals surface area contributed by atoms with E-state index in [2.05, 4.69) is 20.5 Å². The van der Waals surface area contributed by atoms with Gasteiger partial charge in [0, 0.05) is 5.69 Å². The topological polar surface area (TPSA) is 108 Å². The molecule has 0 saturated heterocycles. The summed E-state index contributed by atoms with van der Waals surface area (Å²) in [6, 6.07) is 7.41. The summed E-state index contributed by atoms with van der Waals surface area (Å²) in [4.78, 5) is 36.5. The molecule has 0 saturated carbocycles. The first-order valence-electron chi connectivity index (χ1n) is 6.19. The molecule has 2 rings (SSSR count). The van der Waals surface area contributed by atoms with Crippen LogP contribution in [0.3, 0.4) is 0 Å². The number of thioether (sulfide) groups is 1. The standard InChI is InChI=1S/C13H14N4O3S/c1-7-4-3-5-9(6-7)14-10(18)8(2)21-12-11(19)15-13(20)17-16-12/h3-6,8H,1-2H3,(H,14,18)(H2,15,17,19,20)/t8-/m0/s1. The number of H-pyrrole nitrogens is 2. The maximum atomic E-state index is 12.1. The van der Waals surface area contributed by atoms with E-state index in [9.17, 15) is 14.4 Å². The van der Waals surface area contributed by atoms with E-state index in [4.69, 9.17) is 0 Å². The van der Waals surface area contributed by atoms with Gasteiger partial charge in [-0.15, -0.1) is 0 Å². The Balaban J connectivity index is 2.06. The molecule has 8 heteroatoms. The van der Waals surface area contributed by atoms with Gasteiger partial charge in [-0.1, -0.05) is 23.9 Å². The maximum absolute atomic E-state index is 12.1. The van der Waals surface area contributed by atoms with E-state index in [-0.39, 0.29) is 10.9 Å². The highest BCUT2D eigenvalue weighted by atomic mass is 32.2. The molecule has 0 unspecified atom stereocenters.